The fourth-order valence-electron chi connectivity index (χ4n) is 3.14. The highest BCUT2D eigenvalue weighted by molar-refractivity contribution is 7.99. The Kier molecular flexibility index (Phi) is 7.11. The number of amides is 2. The smallest absolute Gasteiger partial charge is 0.227 e. The molecule has 29 heavy (non-hydrogen) atoms. The highest BCUT2D eigenvalue weighted by atomic mass is 32.2. The van der Waals surface area contributed by atoms with Crippen molar-refractivity contribution >= 4 is 29.3 Å². The van der Waals surface area contributed by atoms with Crippen molar-refractivity contribution in [2.75, 3.05) is 12.4 Å². The number of anilines is 1. The normalized spacial score (nSPS) is 21.3. The number of thioether (sulfide) groups is 1. The van der Waals surface area contributed by atoms with Gasteiger partial charge in [0.05, 0.1) is 13.0 Å². The molecule has 8 heteroatoms. The molecule has 0 aromatic heterocycles. The largest absolute Gasteiger partial charge is 0.497 e. The average molecular weight is 418 g/mol. The number of carbonyl (C=O) groups is 2. The maximum absolute atomic E-state index is 13.2. The van der Waals surface area contributed by atoms with Gasteiger partial charge < -0.3 is 15.4 Å². The lowest BCUT2D eigenvalue weighted by Gasteiger charge is -2.35. The summed E-state index contributed by atoms with van der Waals surface area (Å²) < 4.78 is 18.5. The molecule has 0 aliphatic carbocycles. The molecule has 1 aliphatic rings. The van der Waals surface area contributed by atoms with Crippen molar-refractivity contribution in [2.45, 2.75) is 30.6 Å². The Labute approximate surface area is 173 Å². The van der Waals surface area contributed by atoms with E-state index in [4.69, 9.17) is 4.74 Å². The van der Waals surface area contributed by atoms with Gasteiger partial charge in [0.25, 0.3) is 0 Å². The van der Waals surface area contributed by atoms with Gasteiger partial charge >= 0.3 is 0 Å². The second kappa shape index (κ2) is 9.76. The van der Waals surface area contributed by atoms with Crippen LogP contribution in [0.15, 0.2) is 48.5 Å². The first kappa shape index (κ1) is 21.1. The molecule has 1 saturated heterocycles. The minimum absolute atomic E-state index is 0.0176. The van der Waals surface area contributed by atoms with E-state index in [0.29, 0.717) is 11.4 Å². The van der Waals surface area contributed by atoms with E-state index in [2.05, 4.69) is 16.0 Å². The van der Waals surface area contributed by atoms with Crippen LogP contribution in [0.3, 0.4) is 0 Å². The van der Waals surface area contributed by atoms with Gasteiger partial charge in [-0.3, -0.25) is 14.9 Å². The lowest BCUT2D eigenvalue weighted by Crippen LogP contribution is -2.59. The van der Waals surface area contributed by atoms with Crippen LogP contribution in [0, 0.1) is 11.7 Å². The van der Waals surface area contributed by atoms with Crippen LogP contribution in [-0.2, 0) is 15.3 Å². The number of methoxy groups -OCH3 is 1. The van der Waals surface area contributed by atoms with Crippen LogP contribution in [0.2, 0.25) is 0 Å². The summed E-state index contributed by atoms with van der Waals surface area (Å²) in [5.74, 6) is 0.0654. The van der Waals surface area contributed by atoms with Gasteiger partial charge in [0, 0.05) is 23.9 Å². The van der Waals surface area contributed by atoms with E-state index in [9.17, 15) is 14.0 Å². The van der Waals surface area contributed by atoms with Gasteiger partial charge in [0.1, 0.15) is 17.1 Å². The van der Waals surface area contributed by atoms with Crippen LogP contribution in [-0.4, -0.2) is 30.5 Å². The van der Waals surface area contributed by atoms with Crippen LogP contribution in [0.5, 0.6) is 5.75 Å². The van der Waals surface area contributed by atoms with E-state index >= 15 is 0 Å². The standard InChI is InChI=1S/C21H24FN3O3S/c1-13-18(11-19(26)24-16-7-4-6-15(22)10-16)20(27)25-21(23-13)29-12-14-5-3-8-17(9-14)28-2/h3-10,13,18,21,23H,11-12H2,1-2H3,(H,24,26)(H,25,27). The van der Waals surface area contributed by atoms with E-state index in [-0.39, 0.29) is 29.8 Å². The first-order valence-corrected chi connectivity index (χ1v) is 10.4. The molecule has 6 nitrogen and oxygen atoms in total. The van der Waals surface area contributed by atoms with Gasteiger partial charge in [-0.1, -0.05) is 18.2 Å². The Hall–Kier alpha value is -2.58. The van der Waals surface area contributed by atoms with Crippen molar-refractivity contribution in [3.8, 4) is 5.75 Å². The minimum atomic E-state index is -0.503. The SMILES string of the molecule is COc1cccc(CSC2NC(=O)C(CC(=O)Nc3cccc(F)c3)C(C)N2)c1. The molecule has 0 bridgehead atoms. The van der Waals surface area contributed by atoms with Crippen LogP contribution >= 0.6 is 11.8 Å². The maximum Gasteiger partial charge on any atom is 0.227 e. The van der Waals surface area contributed by atoms with Crippen LogP contribution in [0.25, 0.3) is 0 Å². The predicted molar refractivity (Wildman–Crippen MR) is 112 cm³/mol. The molecule has 3 rings (SSSR count). The second-order valence-corrected chi connectivity index (χ2v) is 7.97. The van der Waals surface area contributed by atoms with Crippen molar-refractivity contribution in [2.24, 2.45) is 5.92 Å². The molecule has 154 valence electrons. The predicted octanol–water partition coefficient (Wildman–Crippen LogP) is 3.10. The van der Waals surface area contributed by atoms with Crippen molar-refractivity contribution in [1.82, 2.24) is 10.6 Å². The lowest BCUT2D eigenvalue weighted by atomic mass is 9.94. The van der Waals surface area contributed by atoms with Gasteiger partial charge in [0.15, 0.2) is 0 Å². The van der Waals surface area contributed by atoms with E-state index in [0.717, 1.165) is 11.3 Å². The molecular formula is C21H24FN3O3S. The topological polar surface area (TPSA) is 79.5 Å². The summed E-state index contributed by atoms with van der Waals surface area (Å²) in [6.07, 6.45) is 0.0176. The fourth-order valence-corrected chi connectivity index (χ4v) is 4.19. The Balaban J connectivity index is 1.51. The second-order valence-electron chi connectivity index (χ2n) is 6.88. The molecule has 3 N–H and O–H groups in total. The summed E-state index contributed by atoms with van der Waals surface area (Å²) in [6.45, 7) is 1.89. The molecule has 0 radical (unpaired) electrons. The lowest BCUT2D eigenvalue weighted by molar-refractivity contribution is -0.131. The van der Waals surface area contributed by atoms with Crippen molar-refractivity contribution in [3.05, 3.63) is 59.9 Å². The molecule has 2 aromatic rings. The number of halogens is 1. The molecule has 1 aliphatic heterocycles. The van der Waals surface area contributed by atoms with E-state index in [1.165, 1.54) is 18.2 Å². The van der Waals surface area contributed by atoms with Gasteiger partial charge in [-0.25, -0.2) is 4.39 Å². The molecule has 3 atom stereocenters. The number of carbonyl (C=O) groups excluding carboxylic acids is 2. The number of benzene rings is 2. The number of hydrogen-bond donors (Lipinski definition) is 3. The highest BCUT2D eigenvalue weighted by Crippen LogP contribution is 2.24. The molecule has 2 amide bonds. The molecule has 3 unspecified atom stereocenters. The Morgan fingerprint density at radius 3 is 2.76 bits per heavy atom. The third-order valence-corrected chi connectivity index (χ3v) is 5.78. The van der Waals surface area contributed by atoms with Gasteiger partial charge in [-0.2, -0.15) is 0 Å². The van der Waals surface area contributed by atoms with E-state index in [1.54, 1.807) is 24.9 Å². The Bertz CT molecular complexity index is 880. The molecule has 0 spiro atoms. The Morgan fingerprint density at radius 2 is 2.03 bits per heavy atom. The maximum atomic E-state index is 13.2. The number of hydrogen-bond acceptors (Lipinski definition) is 5. The van der Waals surface area contributed by atoms with Crippen LogP contribution < -0.4 is 20.7 Å². The first-order valence-electron chi connectivity index (χ1n) is 9.31. The third-order valence-electron chi connectivity index (χ3n) is 4.69. The van der Waals surface area contributed by atoms with Crippen LogP contribution in [0.4, 0.5) is 10.1 Å². The van der Waals surface area contributed by atoms with E-state index in [1.807, 2.05) is 31.2 Å². The number of ether oxygens (including phenoxy) is 1. The number of nitrogens with one attached hydrogen (secondary N) is 3. The summed E-state index contributed by atoms with van der Waals surface area (Å²) in [5, 5.41) is 8.89. The van der Waals surface area contributed by atoms with Crippen molar-refractivity contribution < 1.29 is 18.7 Å². The molecule has 1 heterocycles. The highest BCUT2D eigenvalue weighted by Gasteiger charge is 2.35. The zero-order chi connectivity index (χ0) is 20.8. The molecular weight excluding hydrogens is 393 g/mol. The quantitative estimate of drug-likeness (QED) is 0.645. The molecule has 1 fully saturated rings. The summed E-state index contributed by atoms with van der Waals surface area (Å²) in [5.41, 5.74) is 1.22. The molecule has 0 saturated carbocycles. The average Bonchev–Trinajstić information content (AvgIpc) is 2.69. The molecule has 2 aromatic carbocycles. The van der Waals surface area contributed by atoms with Gasteiger partial charge in [-0.15, -0.1) is 11.8 Å². The summed E-state index contributed by atoms with van der Waals surface area (Å²) in [7, 11) is 1.63. The van der Waals surface area contributed by atoms with Gasteiger partial charge in [-0.05, 0) is 42.8 Å². The van der Waals surface area contributed by atoms with Gasteiger partial charge in [0.2, 0.25) is 11.8 Å². The summed E-state index contributed by atoms with van der Waals surface area (Å²) in [4.78, 5) is 24.8. The van der Waals surface area contributed by atoms with Crippen LogP contribution in [0.1, 0.15) is 18.9 Å². The first-order chi connectivity index (χ1) is 13.9. The summed E-state index contributed by atoms with van der Waals surface area (Å²) in [6, 6.07) is 13.3. The number of rotatable bonds is 7. The fraction of sp³-hybridized carbons (Fsp3) is 0.333. The monoisotopic (exact) mass is 417 g/mol. The van der Waals surface area contributed by atoms with E-state index < -0.39 is 11.7 Å². The zero-order valence-corrected chi connectivity index (χ0v) is 17.1. The zero-order valence-electron chi connectivity index (χ0n) is 16.3. The van der Waals surface area contributed by atoms with Crippen molar-refractivity contribution in [1.29, 1.82) is 0 Å². The minimum Gasteiger partial charge on any atom is -0.497 e. The third kappa shape index (κ3) is 5.95. The summed E-state index contributed by atoms with van der Waals surface area (Å²) >= 11 is 1.56. The Morgan fingerprint density at radius 1 is 1.24 bits per heavy atom. The van der Waals surface area contributed by atoms with Crippen molar-refractivity contribution in [3.63, 3.8) is 0 Å².